The largest absolute Gasteiger partial charge is 0.480 e. The molecule has 5 heteroatoms. The van der Waals surface area contributed by atoms with E-state index in [2.05, 4.69) is 19.2 Å². The van der Waals surface area contributed by atoms with Crippen molar-refractivity contribution in [3.05, 3.63) is 0 Å². The summed E-state index contributed by atoms with van der Waals surface area (Å²) >= 11 is 1.57. The third kappa shape index (κ3) is 8.30. The van der Waals surface area contributed by atoms with Gasteiger partial charge in [-0.3, -0.25) is 4.79 Å². The third-order valence-electron chi connectivity index (χ3n) is 1.92. The van der Waals surface area contributed by atoms with E-state index in [-0.39, 0.29) is 0 Å². The molecule has 0 rings (SSSR count). The molecule has 4 nitrogen and oxygen atoms in total. The maximum absolute atomic E-state index is 10.6. The summed E-state index contributed by atoms with van der Waals surface area (Å²) in [7, 11) is 0. The van der Waals surface area contributed by atoms with Crippen molar-refractivity contribution in [3.8, 4) is 0 Å². The molecule has 15 heavy (non-hydrogen) atoms. The van der Waals surface area contributed by atoms with Gasteiger partial charge in [-0.1, -0.05) is 20.3 Å². The molecule has 0 bridgehead atoms. The molecule has 88 valence electrons. The Morgan fingerprint density at radius 1 is 1.53 bits per heavy atom. The summed E-state index contributed by atoms with van der Waals surface area (Å²) in [6, 6.07) is -0.758. The van der Waals surface area contributed by atoms with Crippen LogP contribution in [0.1, 0.15) is 26.7 Å². The van der Waals surface area contributed by atoms with Gasteiger partial charge >= 0.3 is 5.97 Å². The van der Waals surface area contributed by atoms with Crippen molar-refractivity contribution in [2.24, 2.45) is 5.92 Å². The summed E-state index contributed by atoms with van der Waals surface area (Å²) in [5.41, 5.74) is 0. The van der Waals surface area contributed by atoms with Gasteiger partial charge in [0.15, 0.2) is 0 Å². The first-order valence-electron chi connectivity index (χ1n) is 5.08. The van der Waals surface area contributed by atoms with Crippen molar-refractivity contribution in [2.75, 3.05) is 11.5 Å². The number of carboxylic acid groups (broad SMARTS) is 1. The Hall–Kier alpha value is -0.710. The number of carbonyl (C=O) groups is 2. The second-order valence-electron chi connectivity index (χ2n) is 3.79. The van der Waals surface area contributed by atoms with E-state index in [1.165, 1.54) is 0 Å². The van der Waals surface area contributed by atoms with Crippen LogP contribution in [-0.2, 0) is 9.59 Å². The Bertz CT molecular complexity index is 197. The Morgan fingerprint density at radius 2 is 2.20 bits per heavy atom. The van der Waals surface area contributed by atoms with E-state index in [1.807, 2.05) is 0 Å². The number of thioether (sulfide) groups is 1. The normalized spacial score (nSPS) is 12.5. The molecular weight excluding hydrogens is 214 g/mol. The van der Waals surface area contributed by atoms with Crippen molar-refractivity contribution in [1.29, 1.82) is 0 Å². The quantitative estimate of drug-likeness (QED) is 0.466. The van der Waals surface area contributed by atoms with Crippen LogP contribution in [0.5, 0.6) is 0 Å². The van der Waals surface area contributed by atoms with Gasteiger partial charge in [0.2, 0.25) is 6.41 Å². The number of amides is 1. The summed E-state index contributed by atoms with van der Waals surface area (Å²) in [5, 5.41) is 11.0. The Morgan fingerprint density at radius 3 is 2.67 bits per heavy atom. The fraction of sp³-hybridized carbons (Fsp3) is 0.800. The summed E-state index contributed by atoms with van der Waals surface area (Å²) in [4.78, 5) is 20.7. The molecule has 1 amide bonds. The molecule has 0 saturated carbocycles. The molecule has 0 aromatic heterocycles. The molecule has 0 spiro atoms. The van der Waals surface area contributed by atoms with E-state index in [1.54, 1.807) is 11.8 Å². The molecule has 2 N–H and O–H groups in total. The molecule has 0 aromatic rings. The number of hydrogen-bond donors (Lipinski definition) is 2. The first-order chi connectivity index (χ1) is 7.07. The van der Waals surface area contributed by atoms with E-state index in [0.717, 1.165) is 18.6 Å². The highest BCUT2D eigenvalue weighted by Crippen LogP contribution is 2.10. The van der Waals surface area contributed by atoms with Crippen LogP contribution in [0, 0.1) is 5.92 Å². The Kier molecular flexibility index (Phi) is 8.18. The van der Waals surface area contributed by atoms with E-state index in [4.69, 9.17) is 5.11 Å². The first-order valence-corrected chi connectivity index (χ1v) is 6.23. The van der Waals surface area contributed by atoms with Crippen LogP contribution in [0.25, 0.3) is 0 Å². The van der Waals surface area contributed by atoms with Crippen LogP contribution in [0.3, 0.4) is 0 Å². The highest BCUT2D eigenvalue weighted by Gasteiger charge is 2.15. The minimum absolute atomic E-state index is 0.437. The minimum Gasteiger partial charge on any atom is -0.480 e. The fourth-order valence-corrected chi connectivity index (χ4v) is 2.08. The van der Waals surface area contributed by atoms with Gasteiger partial charge in [-0.05, 0) is 18.1 Å². The highest BCUT2D eigenvalue weighted by molar-refractivity contribution is 7.99. The van der Waals surface area contributed by atoms with E-state index in [9.17, 15) is 9.59 Å². The van der Waals surface area contributed by atoms with Crippen LogP contribution < -0.4 is 5.32 Å². The number of hydrogen-bond acceptors (Lipinski definition) is 3. The number of carbonyl (C=O) groups excluding carboxylic acids is 1. The lowest BCUT2D eigenvalue weighted by Gasteiger charge is -2.10. The molecule has 0 aliphatic carbocycles. The number of carboxylic acids is 1. The van der Waals surface area contributed by atoms with Crippen molar-refractivity contribution in [3.63, 3.8) is 0 Å². The van der Waals surface area contributed by atoms with E-state index in [0.29, 0.717) is 18.1 Å². The van der Waals surface area contributed by atoms with Crippen molar-refractivity contribution in [2.45, 2.75) is 32.7 Å². The van der Waals surface area contributed by atoms with Crippen LogP contribution >= 0.6 is 11.8 Å². The Balaban J connectivity index is 3.53. The van der Waals surface area contributed by atoms with Crippen LogP contribution in [0.15, 0.2) is 0 Å². The SMILES string of the molecule is CC(C)CCCSCC(NC=O)C(=O)O. The molecule has 0 radical (unpaired) electrons. The molecule has 0 aliphatic heterocycles. The highest BCUT2D eigenvalue weighted by atomic mass is 32.2. The zero-order chi connectivity index (χ0) is 11.7. The number of nitrogens with one attached hydrogen (secondary N) is 1. The van der Waals surface area contributed by atoms with Crippen molar-refractivity contribution in [1.82, 2.24) is 5.32 Å². The summed E-state index contributed by atoms with van der Waals surface area (Å²) in [5.74, 6) is 1.10. The summed E-state index contributed by atoms with van der Waals surface area (Å²) in [6.07, 6.45) is 2.69. The second-order valence-corrected chi connectivity index (χ2v) is 4.94. The molecule has 0 aliphatic rings. The fourth-order valence-electron chi connectivity index (χ4n) is 1.07. The zero-order valence-corrected chi connectivity index (χ0v) is 10.0. The smallest absolute Gasteiger partial charge is 0.327 e. The van der Waals surface area contributed by atoms with Crippen molar-refractivity contribution >= 4 is 24.1 Å². The van der Waals surface area contributed by atoms with Gasteiger partial charge in [-0.2, -0.15) is 11.8 Å². The molecular formula is C10H19NO3S. The van der Waals surface area contributed by atoms with Gasteiger partial charge < -0.3 is 10.4 Å². The van der Waals surface area contributed by atoms with Gasteiger partial charge in [-0.25, -0.2) is 4.79 Å². The van der Waals surface area contributed by atoms with Crippen LogP contribution in [-0.4, -0.2) is 35.0 Å². The predicted octanol–water partition coefficient (Wildman–Crippen LogP) is 1.35. The number of aliphatic carboxylic acids is 1. The minimum atomic E-state index is -0.974. The number of rotatable bonds is 9. The van der Waals surface area contributed by atoms with Gasteiger partial charge in [0.05, 0.1) is 0 Å². The van der Waals surface area contributed by atoms with Crippen LogP contribution in [0.2, 0.25) is 0 Å². The lowest BCUT2D eigenvalue weighted by Crippen LogP contribution is -2.37. The maximum atomic E-state index is 10.6. The van der Waals surface area contributed by atoms with Gasteiger partial charge in [-0.15, -0.1) is 0 Å². The standard InChI is InChI=1S/C10H19NO3S/c1-8(2)4-3-5-15-6-9(10(13)14)11-7-12/h7-9H,3-6H2,1-2H3,(H,11,12)(H,13,14). The summed E-state index contributed by atoms with van der Waals surface area (Å²) < 4.78 is 0. The molecule has 0 heterocycles. The molecule has 0 aromatic carbocycles. The van der Waals surface area contributed by atoms with Gasteiger partial charge in [0.25, 0.3) is 0 Å². The second kappa shape index (κ2) is 8.59. The van der Waals surface area contributed by atoms with E-state index >= 15 is 0 Å². The van der Waals surface area contributed by atoms with Crippen LogP contribution in [0.4, 0.5) is 0 Å². The van der Waals surface area contributed by atoms with Gasteiger partial charge in [0, 0.05) is 5.75 Å². The monoisotopic (exact) mass is 233 g/mol. The maximum Gasteiger partial charge on any atom is 0.327 e. The molecule has 1 unspecified atom stereocenters. The lowest BCUT2D eigenvalue weighted by molar-refractivity contribution is -0.139. The zero-order valence-electron chi connectivity index (χ0n) is 9.23. The average Bonchev–Trinajstić information content (AvgIpc) is 2.15. The molecule has 0 fully saturated rings. The van der Waals surface area contributed by atoms with Gasteiger partial charge in [0.1, 0.15) is 6.04 Å². The third-order valence-corrected chi connectivity index (χ3v) is 3.07. The van der Waals surface area contributed by atoms with E-state index < -0.39 is 12.0 Å². The topological polar surface area (TPSA) is 66.4 Å². The molecule has 1 atom stereocenters. The predicted molar refractivity (Wildman–Crippen MR) is 62.0 cm³/mol. The first kappa shape index (κ1) is 14.3. The Labute approximate surface area is 94.8 Å². The molecule has 0 saturated heterocycles. The lowest BCUT2D eigenvalue weighted by atomic mass is 10.1. The average molecular weight is 233 g/mol. The summed E-state index contributed by atoms with van der Waals surface area (Å²) in [6.45, 7) is 4.33. The van der Waals surface area contributed by atoms with Crippen molar-refractivity contribution < 1.29 is 14.7 Å².